The van der Waals surface area contributed by atoms with Crippen molar-refractivity contribution in [3.63, 3.8) is 0 Å². The molecule has 3 N–H and O–H groups in total. The Hall–Kier alpha value is -2.43. The third kappa shape index (κ3) is 2.77. The van der Waals surface area contributed by atoms with Crippen LogP contribution in [0.3, 0.4) is 0 Å². The number of aromatic nitrogens is 1. The lowest BCUT2D eigenvalue weighted by molar-refractivity contribution is -0.123. The SMILES string of the molecule is CC(C)(C)C(=O)Nc1cc(C(N)=O)nc2ccccc12. The highest BCUT2D eigenvalue weighted by Crippen LogP contribution is 2.25. The van der Waals surface area contributed by atoms with Crippen LogP contribution < -0.4 is 11.1 Å². The summed E-state index contributed by atoms with van der Waals surface area (Å²) in [5.41, 5.74) is 6.04. The maximum atomic E-state index is 12.1. The molecule has 0 saturated carbocycles. The third-order valence-electron chi connectivity index (χ3n) is 2.90. The van der Waals surface area contributed by atoms with Gasteiger partial charge in [-0.3, -0.25) is 9.59 Å². The van der Waals surface area contributed by atoms with Crippen molar-refractivity contribution >= 4 is 28.4 Å². The van der Waals surface area contributed by atoms with Gasteiger partial charge in [-0.05, 0) is 12.1 Å². The normalized spacial score (nSPS) is 11.3. The molecular formula is C15H17N3O2. The second-order valence-electron chi connectivity index (χ2n) is 5.64. The van der Waals surface area contributed by atoms with Crippen LogP contribution in [0.4, 0.5) is 5.69 Å². The number of nitrogens with two attached hydrogens (primary N) is 1. The summed E-state index contributed by atoms with van der Waals surface area (Å²) in [6.07, 6.45) is 0. The third-order valence-corrected chi connectivity index (χ3v) is 2.90. The molecule has 2 rings (SSSR count). The van der Waals surface area contributed by atoms with Crippen molar-refractivity contribution in [1.29, 1.82) is 0 Å². The number of amides is 2. The van der Waals surface area contributed by atoms with Gasteiger partial charge in [-0.15, -0.1) is 0 Å². The number of anilines is 1. The molecule has 0 aliphatic rings. The summed E-state index contributed by atoms with van der Waals surface area (Å²) < 4.78 is 0. The molecule has 0 radical (unpaired) electrons. The van der Waals surface area contributed by atoms with Gasteiger partial charge in [0.05, 0.1) is 11.2 Å². The molecular weight excluding hydrogens is 254 g/mol. The predicted octanol–water partition coefficient (Wildman–Crippen LogP) is 2.32. The Balaban J connectivity index is 2.56. The molecule has 1 heterocycles. The standard InChI is InChI=1S/C15H17N3O2/c1-15(2,3)14(20)18-11-8-12(13(16)19)17-10-7-5-4-6-9(10)11/h4-8H,1-3H3,(H2,16,19)(H,17,18,20). The second kappa shape index (κ2) is 4.92. The van der Waals surface area contributed by atoms with E-state index in [-0.39, 0.29) is 11.6 Å². The maximum absolute atomic E-state index is 12.1. The van der Waals surface area contributed by atoms with Crippen LogP contribution in [0.1, 0.15) is 31.3 Å². The summed E-state index contributed by atoms with van der Waals surface area (Å²) in [5, 5.41) is 3.61. The van der Waals surface area contributed by atoms with E-state index in [1.807, 2.05) is 39.0 Å². The van der Waals surface area contributed by atoms with E-state index in [1.165, 1.54) is 6.07 Å². The number of hydrogen-bond acceptors (Lipinski definition) is 3. The molecule has 2 amide bonds. The molecule has 5 nitrogen and oxygen atoms in total. The molecule has 0 saturated heterocycles. The fraction of sp³-hybridized carbons (Fsp3) is 0.267. The highest BCUT2D eigenvalue weighted by Gasteiger charge is 2.22. The largest absolute Gasteiger partial charge is 0.364 e. The van der Waals surface area contributed by atoms with Gasteiger partial charge < -0.3 is 11.1 Å². The minimum Gasteiger partial charge on any atom is -0.364 e. The summed E-state index contributed by atoms with van der Waals surface area (Å²) in [7, 11) is 0. The first kappa shape index (κ1) is 14.0. The van der Waals surface area contributed by atoms with Gasteiger partial charge >= 0.3 is 0 Å². The molecule has 0 bridgehead atoms. The molecule has 0 fully saturated rings. The first-order valence-electron chi connectivity index (χ1n) is 6.30. The number of carbonyl (C=O) groups is 2. The number of carbonyl (C=O) groups excluding carboxylic acids is 2. The van der Waals surface area contributed by atoms with E-state index in [0.717, 1.165) is 5.39 Å². The average Bonchev–Trinajstić information content (AvgIpc) is 2.37. The van der Waals surface area contributed by atoms with Crippen LogP contribution in [0.25, 0.3) is 10.9 Å². The first-order chi connectivity index (χ1) is 9.29. The molecule has 0 atom stereocenters. The smallest absolute Gasteiger partial charge is 0.267 e. The summed E-state index contributed by atoms with van der Waals surface area (Å²) in [4.78, 5) is 27.6. The fourth-order valence-electron chi connectivity index (χ4n) is 1.71. The van der Waals surface area contributed by atoms with Crippen LogP contribution in [0.2, 0.25) is 0 Å². The monoisotopic (exact) mass is 271 g/mol. The summed E-state index contributed by atoms with van der Waals surface area (Å²) in [5.74, 6) is -0.758. The molecule has 1 aromatic heterocycles. The van der Waals surface area contributed by atoms with E-state index in [9.17, 15) is 9.59 Å². The number of fused-ring (bicyclic) bond motifs is 1. The van der Waals surface area contributed by atoms with Crippen molar-refractivity contribution in [2.24, 2.45) is 11.1 Å². The predicted molar refractivity (Wildman–Crippen MR) is 78.3 cm³/mol. The van der Waals surface area contributed by atoms with E-state index < -0.39 is 11.3 Å². The van der Waals surface area contributed by atoms with Crippen LogP contribution in [0.5, 0.6) is 0 Å². The summed E-state index contributed by atoms with van der Waals surface area (Å²) >= 11 is 0. The van der Waals surface area contributed by atoms with E-state index in [1.54, 1.807) is 6.07 Å². The van der Waals surface area contributed by atoms with Gasteiger partial charge in [0.25, 0.3) is 5.91 Å². The summed E-state index contributed by atoms with van der Waals surface area (Å²) in [6.45, 7) is 5.46. The van der Waals surface area contributed by atoms with Gasteiger partial charge in [0, 0.05) is 10.8 Å². The molecule has 0 unspecified atom stereocenters. The maximum Gasteiger partial charge on any atom is 0.267 e. The van der Waals surface area contributed by atoms with Crippen molar-refractivity contribution in [1.82, 2.24) is 4.98 Å². The molecule has 0 aliphatic carbocycles. The molecule has 1 aromatic carbocycles. The number of hydrogen-bond donors (Lipinski definition) is 2. The van der Waals surface area contributed by atoms with Crippen molar-refractivity contribution < 1.29 is 9.59 Å². The fourth-order valence-corrected chi connectivity index (χ4v) is 1.71. The zero-order valence-electron chi connectivity index (χ0n) is 11.7. The molecule has 5 heteroatoms. The Morgan fingerprint density at radius 1 is 1.20 bits per heavy atom. The topological polar surface area (TPSA) is 85.1 Å². The number of rotatable bonds is 2. The van der Waals surface area contributed by atoms with Gasteiger partial charge in [0.15, 0.2) is 0 Å². The van der Waals surface area contributed by atoms with Gasteiger partial charge in [0.2, 0.25) is 5.91 Å². The number of nitrogens with one attached hydrogen (secondary N) is 1. The zero-order chi connectivity index (χ0) is 14.9. The number of pyridine rings is 1. The number of nitrogens with zero attached hydrogens (tertiary/aromatic N) is 1. The Labute approximate surface area is 117 Å². The van der Waals surface area contributed by atoms with Gasteiger partial charge in [-0.25, -0.2) is 4.98 Å². The molecule has 20 heavy (non-hydrogen) atoms. The van der Waals surface area contributed by atoms with Crippen molar-refractivity contribution in [2.75, 3.05) is 5.32 Å². The van der Waals surface area contributed by atoms with Crippen LogP contribution >= 0.6 is 0 Å². The molecule has 0 spiro atoms. The van der Waals surface area contributed by atoms with E-state index >= 15 is 0 Å². The second-order valence-corrected chi connectivity index (χ2v) is 5.64. The minimum absolute atomic E-state index is 0.132. The quantitative estimate of drug-likeness (QED) is 0.879. The van der Waals surface area contributed by atoms with E-state index in [4.69, 9.17) is 5.73 Å². The Morgan fingerprint density at radius 3 is 2.45 bits per heavy atom. The zero-order valence-corrected chi connectivity index (χ0v) is 11.7. The molecule has 0 aliphatic heterocycles. The van der Waals surface area contributed by atoms with Crippen LogP contribution in [0, 0.1) is 5.41 Å². The Kier molecular flexibility index (Phi) is 3.44. The van der Waals surface area contributed by atoms with Crippen LogP contribution in [-0.2, 0) is 4.79 Å². The van der Waals surface area contributed by atoms with Crippen LogP contribution in [-0.4, -0.2) is 16.8 Å². The minimum atomic E-state index is -0.623. The van der Waals surface area contributed by atoms with E-state index in [2.05, 4.69) is 10.3 Å². The Bertz CT molecular complexity index is 687. The highest BCUT2D eigenvalue weighted by molar-refractivity contribution is 6.05. The van der Waals surface area contributed by atoms with Crippen molar-refractivity contribution in [2.45, 2.75) is 20.8 Å². The van der Waals surface area contributed by atoms with Gasteiger partial charge in [-0.1, -0.05) is 39.0 Å². The number of benzene rings is 1. The number of primary amides is 1. The van der Waals surface area contributed by atoms with Crippen molar-refractivity contribution in [3.8, 4) is 0 Å². The number of para-hydroxylation sites is 1. The van der Waals surface area contributed by atoms with Crippen molar-refractivity contribution in [3.05, 3.63) is 36.0 Å². The van der Waals surface area contributed by atoms with Crippen LogP contribution in [0.15, 0.2) is 30.3 Å². The Morgan fingerprint density at radius 2 is 1.85 bits per heavy atom. The first-order valence-corrected chi connectivity index (χ1v) is 6.30. The molecule has 2 aromatic rings. The summed E-state index contributed by atoms with van der Waals surface area (Å²) in [6, 6.07) is 8.78. The molecule has 104 valence electrons. The average molecular weight is 271 g/mol. The highest BCUT2D eigenvalue weighted by atomic mass is 16.2. The van der Waals surface area contributed by atoms with E-state index in [0.29, 0.717) is 11.2 Å². The lowest BCUT2D eigenvalue weighted by Gasteiger charge is -2.18. The lowest BCUT2D eigenvalue weighted by Crippen LogP contribution is -2.28. The van der Waals surface area contributed by atoms with Gasteiger partial charge in [-0.2, -0.15) is 0 Å². The lowest BCUT2D eigenvalue weighted by atomic mass is 9.95. The van der Waals surface area contributed by atoms with Gasteiger partial charge in [0.1, 0.15) is 5.69 Å².